The van der Waals surface area contributed by atoms with Crippen molar-refractivity contribution in [3.63, 3.8) is 0 Å². The minimum atomic E-state index is 0.0912. The molecule has 3 nitrogen and oxygen atoms in total. The van der Waals surface area contributed by atoms with Gasteiger partial charge in [-0.15, -0.1) is 11.3 Å². The quantitative estimate of drug-likeness (QED) is 0.670. The second kappa shape index (κ2) is 9.16. The fourth-order valence-electron chi connectivity index (χ4n) is 1.71. The summed E-state index contributed by atoms with van der Waals surface area (Å²) in [6.07, 6.45) is 11.0. The van der Waals surface area contributed by atoms with E-state index < -0.39 is 0 Å². The molecule has 0 spiro atoms. The van der Waals surface area contributed by atoms with Gasteiger partial charge in [-0.3, -0.25) is 4.79 Å². The monoisotopic (exact) mass is 254 g/mol. The van der Waals surface area contributed by atoms with Gasteiger partial charge in [0.15, 0.2) is 5.13 Å². The van der Waals surface area contributed by atoms with Gasteiger partial charge in [-0.1, -0.05) is 45.4 Å². The number of amides is 1. The molecule has 0 fully saturated rings. The summed E-state index contributed by atoms with van der Waals surface area (Å²) in [6.45, 7) is 2.23. The van der Waals surface area contributed by atoms with Crippen LogP contribution in [-0.2, 0) is 4.79 Å². The molecule has 0 aliphatic rings. The lowest BCUT2D eigenvalue weighted by Crippen LogP contribution is -2.10. The molecule has 17 heavy (non-hydrogen) atoms. The van der Waals surface area contributed by atoms with Gasteiger partial charge in [0.25, 0.3) is 0 Å². The van der Waals surface area contributed by atoms with Crippen LogP contribution in [0.1, 0.15) is 58.3 Å². The molecule has 0 saturated carbocycles. The van der Waals surface area contributed by atoms with Gasteiger partial charge in [-0.05, 0) is 6.42 Å². The Morgan fingerprint density at radius 2 is 1.94 bits per heavy atom. The number of aromatic nitrogens is 1. The van der Waals surface area contributed by atoms with E-state index in [1.807, 2.05) is 5.38 Å². The van der Waals surface area contributed by atoms with Crippen LogP contribution in [0.3, 0.4) is 0 Å². The molecule has 1 rings (SSSR count). The molecule has 0 bridgehead atoms. The van der Waals surface area contributed by atoms with Gasteiger partial charge in [0.2, 0.25) is 5.91 Å². The number of unbranched alkanes of at least 4 members (excludes halogenated alkanes) is 6. The van der Waals surface area contributed by atoms with Crippen molar-refractivity contribution in [2.45, 2.75) is 58.3 Å². The van der Waals surface area contributed by atoms with Crippen molar-refractivity contribution in [2.24, 2.45) is 0 Å². The van der Waals surface area contributed by atoms with Crippen LogP contribution in [0.15, 0.2) is 11.6 Å². The minimum Gasteiger partial charge on any atom is -0.302 e. The van der Waals surface area contributed by atoms with Gasteiger partial charge in [0.05, 0.1) is 0 Å². The molecule has 1 aromatic heterocycles. The highest BCUT2D eigenvalue weighted by Gasteiger charge is 2.03. The molecule has 0 aliphatic heterocycles. The molecular formula is C13H22N2OS. The minimum absolute atomic E-state index is 0.0912. The third-order valence-corrected chi connectivity index (χ3v) is 3.37. The molecule has 4 heteroatoms. The van der Waals surface area contributed by atoms with Gasteiger partial charge in [0.1, 0.15) is 0 Å². The first-order valence-corrected chi connectivity index (χ1v) is 7.40. The van der Waals surface area contributed by atoms with E-state index in [0.29, 0.717) is 11.6 Å². The molecule has 0 aliphatic carbocycles. The maximum atomic E-state index is 11.5. The number of hydrogen-bond acceptors (Lipinski definition) is 3. The van der Waals surface area contributed by atoms with Crippen molar-refractivity contribution < 1.29 is 4.79 Å². The van der Waals surface area contributed by atoms with Gasteiger partial charge in [-0.2, -0.15) is 0 Å². The molecule has 0 radical (unpaired) electrons. The van der Waals surface area contributed by atoms with Crippen molar-refractivity contribution in [2.75, 3.05) is 5.32 Å². The molecule has 96 valence electrons. The van der Waals surface area contributed by atoms with E-state index in [1.165, 1.54) is 43.4 Å². The van der Waals surface area contributed by atoms with Crippen LogP contribution in [0.25, 0.3) is 0 Å². The molecule has 0 atom stereocenters. The highest BCUT2D eigenvalue weighted by atomic mass is 32.1. The first kappa shape index (κ1) is 14.2. The van der Waals surface area contributed by atoms with Crippen LogP contribution in [0, 0.1) is 0 Å². The number of carbonyl (C=O) groups is 1. The second-order valence-corrected chi connectivity index (χ2v) is 5.15. The summed E-state index contributed by atoms with van der Waals surface area (Å²) < 4.78 is 0. The summed E-state index contributed by atoms with van der Waals surface area (Å²) in [4.78, 5) is 15.5. The first-order valence-electron chi connectivity index (χ1n) is 6.52. The SMILES string of the molecule is CCCCCCCCCC(=O)Nc1nccs1. The van der Waals surface area contributed by atoms with Crippen LogP contribution < -0.4 is 5.32 Å². The molecule has 0 unspecified atom stereocenters. The summed E-state index contributed by atoms with van der Waals surface area (Å²) in [6, 6.07) is 0. The standard InChI is InChI=1S/C13H22N2OS/c1-2-3-4-5-6-7-8-9-12(16)15-13-14-10-11-17-13/h10-11H,2-9H2,1H3,(H,14,15,16). The highest BCUT2D eigenvalue weighted by molar-refractivity contribution is 7.13. The first-order chi connectivity index (χ1) is 8.33. The Kier molecular flexibility index (Phi) is 7.63. The molecule has 1 N–H and O–H groups in total. The maximum absolute atomic E-state index is 11.5. The second-order valence-electron chi connectivity index (χ2n) is 4.26. The Labute approximate surface area is 108 Å². The number of hydrogen-bond donors (Lipinski definition) is 1. The number of anilines is 1. The Morgan fingerprint density at radius 1 is 1.24 bits per heavy atom. The molecule has 1 aromatic rings. The van der Waals surface area contributed by atoms with Gasteiger partial charge in [-0.25, -0.2) is 4.98 Å². The largest absolute Gasteiger partial charge is 0.302 e. The van der Waals surface area contributed by atoms with Crippen molar-refractivity contribution in [3.8, 4) is 0 Å². The summed E-state index contributed by atoms with van der Waals surface area (Å²) in [5.41, 5.74) is 0. The fourth-order valence-corrected chi connectivity index (χ4v) is 2.25. The van der Waals surface area contributed by atoms with E-state index in [9.17, 15) is 4.79 Å². The molecular weight excluding hydrogens is 232 g/mol. The Morgan fingerprint density at radius 3 is 2.59 bits per heavy atom. The number of rotatable bonds is 9. The maximum Gasteiger partial charge on any atom is 0.226 e. The van der Waals surface area contributed by atoms with Crippen molar-refractivity contribution >= 4 is 22.4 Å². The van der Waals surface area contributed by atoms with E-state index >= 15 is 0 Å². The van der Waals surface area contributed by atoms with E-state index in [2.05, 4.69) is 17.2 Å². The fraction of sp³-hybridized carbons (Fsp3) is 0.692. The lowest BCUT2D eigenvalue weighted by Gasteiger charge is -2.02. The molecule has 0 aromatic carbocycles. The normalized spacial score (nSPS) is 10.4. The average molecular weight is 254 g/mol. The third-order valence-electron chi connectivity index (χ3n) is 2.69. The average Bonchev–Trinajstić information content (AvgIpc) is 2.80. The van der Waals surface area contributed by atoms with Crippen LogP contribution in [0.4, 0.5) is 5.13 Å². The van der Waals surface area contributed by atoms with Crippen LogP contribution in [0.2, 0.25) is 0 Å². The number of nitrogens with one attached hydrogen (secondary N) is 1. The molecule has 0 saturated heterocycles. The number of thiazole rings is 1. The summed E-state index contributed by atoms with van der Waals surface area (Å²) in [5, 5.41) is 5.37. The number of nitrogens with zero attached hydrogens (tertiary/aromatic N) is 1. The van der Waals surface area contributed by atoms with Gasteiger partial charge >= 0.3 is 0 Å². The van der Waals surface area contributed by atoms with Crippen molar-refractivity contribution in [1.82, 2.24) is 4.98 Å². The lowest BCUT2D eigenvalue weighted by atomic mass is 10.1. The van der Waals surface area contributed by atoms with Crippen LogP contribution >= 0.6 is 11.3 Å². The summed E-state index contributed by atoms with van der Waals surface area (Å²) in [7, 11) is 0. The van der Waals surface area contributed by atoms with Crippen molar-refractivity contribution in [1.29, 1.82) is 0 Å². The summed E-state index contributed by atoms with van der Waals surface area (Å²) >= 11 is 1.46. The van der Waals surface area contributed by atoms with Crippen LogP contribution in [-0.4, -0.2) is 10.9 Å². The van der Waals surface area contributed by atoms with E-state index in [4.69, 9.17) is 0 Å². The Hall–Kier alpha value is -0.900. The third kappa shape index (κ3) is 7.10. The van der Waals surface area contributed by atoms with E-state index in [0.717, 1.165) is 12.8 Å². The van der Waals surface area contributed by atoms with Crippen molar-refractivity contribution in [3.05, 3.63) is 11.6 Å². The Bertz CT molecular complexity index is 298. The predicted molar refractivity (Wildman–Crippen MR) is 73.4 cm³/mol. The molecule has 1 amide bonds. The smallest absolute Gasteiger partial charge is 0.226 e. The zero-order chi connectivity index (χ0) is 12.3. The zero-order valence-electron chi connectivity index (χ0n) is 10.6. The van der Waals surface area contributed by atoms with Gasteiger partial charge < -0.3 is 5.32 Å². The topological polar surface area (TPSA) is 42.0 Å². The van der Waals surface area contributed by atoms with E-state index in [1.54, 1.807) is 6.20 Å². The highest BCUT2D eigenvalue weighted by Crippen LogP contribution is 2.12. The number of carbonyl (C=O) groups excluding carboxylic acids is 1. The molecule has 1 heterocycles. The lowest BCUT2D eigenvalue weighted by molar-refractivity contribution is -0.116. The van der Waals surface area contributed by atoms with E-state index in [-0.39, 0.29) is 5.91 Å². The Balaban J connectivity index is 1.94. The zero-order valence-corrected chi connectivity index (χ0v) is 11.4. The predicted octanol–water partition coefficient (Wildman–Crippen LogP) is 4.22. The van der Waals surface area contributed by atoms with Gasteiger partial charge in [0, 0.05) is 18.0 Å². The summed E-state index contributed by atoms with van der Waals surface area (Å²) in [5.74, 6) is 0.0912. The van der Waals surface area contributed by atoms with Crippen LogP contribution in [0.5, 0.6) is 0 Å².